The van der Waals surface area contributed by atoms with Gasteiger partial charge >= 0.3 is 0 Å². The minimum atomic E-state index is 0.109. The van der Waals surface area contributed by atoms with E-state index in [0.29, 0.717) is 46.8 Å². The molecular formula is C23H19N5O4. The van der Waals surface area contributed by atoms with Gasteiger partial charge < -0.3 is 18.4 Å². The van der Waals surface area contributed by atoms with Crippen LogP contribution in [0.1, 0.15) is 24.3 Å². The van der Waals surface area contributed by atoms with Gasteiger partial charge in [-0.3, -0.25) is 9.97 Å². The maximum Gasteiger partial charge on any atom is 0.264 e. The predicted molar refractivity (Wildman–Crippen MR) is 114 cm³/mol. The van der Waals surface area contributed by atoms with E-state index in [0.717, 1.165) is 16.6 Å². The number of nitrogens with zero attached hydrogens (tertiary/aromatic N) is 5. The summed E-state index contributed by atoms with van der Waals surface area (Å²) in [6.45, 7) is 3.96. The third-order valence-electron chi connectivity index (χ3n) is 4.82. The molecule has 0 amide bonds. The van der Waals surface area contributed by atoms with E-state index in [-0.39, 0.29) is 6.61 Å². The second kappa shape index (κ2) is 8.46. The largest absolute Gasteiger partial charge is 0.483 e. The van der Waals surface area contributed by atoms with Crippen LogP contribution < -0.4 is 9.47 Å². The summed E-state index contributed by atoms with van der Waals surface area (Å²) < 4.78 is 22.8. The third kappa shape index (κ3) is 3.87. The summed E-state index contributed by atoms with van der Waals surface area (Å²) in [6, 6.07) is 9.08. The van der Waals surface area contributed by atoms with Crippen molar-refractivity contribution in [3.8, 4) is 28.6 Å². The van der Waals surface area contributed by atoms with Gasteiger partial charge in [0.2, 0.25) is 5.88 Å². The van der Waals surface area contributed by atoms with Crippen LogP contribution in [0.3, 0.4) is 0 Å². The van der Waals surface area contributed by atoms with E-state index in [1.807, 2.05) is 32.0 Å². The molecule has 0 fully saturated rings. The van der Waals surface area contributed by atoms with Crippen molar-refractivity contribution in [2.75, 3.05) is 0 Å². The fourth-order valence-electron chi connectivity index (χ4n) is 3.25. The second-order valence-electron chi connectivity index (χ2n) is 6.95. The van der Waals surface area contributed by atoms with Crippen molar-refractivity contribution < 1.29 is 18.4 Å². The van der Waals surface area contributed by atoms with Crippen LogP contribution in [0.15, 0.2) is 64.1 Å². The maximum atomic E-state index is 6.06. The maximum absolute atomic E-state index is 6.06. The molecule has 0 aliphatic heterocycles. The molecule has 9 heteroatoms. The van der Waals surface area contributed by atoms with Gasteiger partial charge in [0, 0.05) is 36.6 Å². The van der Waals surface area contributed by atoms with Gasteiger partial charge in [0.05, 0.1) is 23.0 Å². The Morgan fingerprint density at radius 3 is 2.75 bits per heavy atom. The molecule has 0 aliphatic carbocycles. The van der Waals surface area contributed by atoms with E-state index < -0.39 is 0 Å². The highest BCUT2D eigenvalue weighted by Gasteiger charge is 2.16. The van der Waals surface area contributed by atoms with Crippen LogP contribution in [0.4, 0.5) is 0 Å². The molecule has 0 saturated heterocycles. The van der Waals surface area contributed by atoms with Crippen molar-refractivity contribution in [1.29, 1.82) is 0 Å². The van der Waals surface area contributed by atoms with E-state index in [9.17, 15) is 0 Å². The molecule has 0 spiro atoms. The lowest BCUT2D eigenvalue weighted by Gasteiger charge is -2.13. The molecular weight excluding hydrogens is 410 g/mol. The Kier molecular flexibility index (Phi) is 5.20. The Balaban J connectivity index is 1.49. The first-order chi connectivity index (χ1) is 15.7. The number of aromatic nitrogens is 5. The Hall–Kier alpha value is -4.27. The van der Waals surface area contributed by atoms with Crippen LogP contribution in [0.2, 0.25) is 0 Å². The Bertz CT molecular complexity index is 1380. The van der Waals surface area contributed by atoms with Crippen LogP contribution in [0.5, 0.6) is 17.4 Å². The van der Waals surface area contributed by atoms with Crippen LogP contribution in [0.25, 0.3) is 22.2 Å². The number of benzene rings is 1. The number of aryl methyl sites for hydroxylation is 2. The molecule has 0 radical (unpaired) electrons. The molecule has 5 aromatic rings. The van der Waals surface area contributed by atoms with Crippen molar-refractivity contribution in [3.05, 3.63) is 72.6 Å². The van der Waals surface area contributed by atoms with E-state index in [1.54, 1.807) is 37.0 Å². The van der Waals surface area contributed by atoms with E-state index in [2.05, 4.69) is 25.1 Å². The average Bonchev–Trinajstić information content (AvgIpc) is 3.48. The highest BCUT2D eigenvalue weighted by Crippen LogP contribution is 2.36. The quantitative estimate of drug-likeness (QED) is 0.356. The molecule has 0 saturated carbocycles. The first-order valence-corrected chi connectivity index (χ1v) is 10.1. The van der Waals surface area contributed by atoms with Crippen molar-refractivity contribution in [1.82, 2.24) is 25.1 Å². The molecule has 4 heterocycles. The monoisotopic (exact) mass is 429 g/mol. The standard InChI is InChI=1S/C23H19N5O4/c1-3-20-27-21(32-28-20)13-30-19-12-15(4-5-16(19)22-14(2)24-9-10-25-22)31-23-17-7-11-29-18(17)6-8-26-23/h4-12H,3,13H2,1-2H3. The zero-order valence-electron chi connectivity index (χ0n) is 17.5. The molecule has 9 nitrogen and oxygen atoms in total. The summed E-state index contributed by atoms with van der Waals surface area (Å²) >= 11 is 0. The lowest BCUT2D eigenvalue weighted by Crippen LogP contribution is -2.00. The Labute approximate surface area is 183 Å². The fourth-order valence-corrected chi connectivity index (χ4v) is 3.25. The number of hydrogen-bond donors (Lipinski definition) is 0. The summed E-state index contributed by atoms with van der Waals surface area (Å²) in [5.41, 5.74) is 2.96. The topological polar surface area (TPSA) is 109 Å². The smallest absolute Gasteiger partial charge is 0.264 e. The van der Waals surface area contributed by atoms with Gasteiger partial charge in [-0.05, 0) is 31.2 Å². The van der Waals surface area contributed by atoms with Gasteiger partial charge in [0.1, 0.15) is 17.1 Å². The van der Waals surface area contributed by atoms with Crippen LogP contribution in [-0.2, 0) is 13.0 Å². The first-order valence-electron chi connectivity index (χ1n) is 10.1. The summed E-state index contributed by atoms with van der Waals surface area (Å²) in [5, 5.41) is 4.69. The molecule has 0 atom stereocenters. The van der Waals surface area contributed by atoms with E-state index in [4.69, 9.17) is 18.4 Å². The van der Waals surface area contributed by atoms with Crippen LogP contribution in [0, 0.1) is 6.92 Å². The van der Waals surface area contributed by atoms with E-state index >= 15 is 0 Å². The number of furan rings is 1. The van der Waals surface area contributed by atoms with Crippen molar-refractivity contribution in [2.24, 2.45) is 0 Å². The van der Waals surface area contributed by atoms with Crippen LogP contribution >= 0.6 is 0 Å². The molecule has 160 valence electrons. The Morgan fingerprint density at radius 1 is 1.00 bits per heavy atom. The fraction of sp³-hybridized carbons (Fsp3) is 0.174. The zero-order valence-corrected chi connectivity index (χ0v) is 17.5. The lowest BCUT2D eigenvalue weighted by atomic mass is 10.1. The first kappa shape index (κ1) is 19.7. The van der Waals surface area contributed by atoms with Crippen molar-refractivity contribution in [2.45, 2.75) is 26.9 Å². The van der Waals surface area contributed by atoms with Gasteiger partial charge in [-0.2, -0.15) is 4.98 Å². The van der Waals surface area contributed by atoms with Gasteiger partial charge in [-0.1, -0.05) is 12.1 Å². The van der Waals surface area contributed by atoms with Gasteiger partial charge in [-0.15, -0.1) is 0 Å². The summed E-state index contributed by atoms with van der Waals surface area (Å²) in [7, 11) is 0. The molecule has 0 unspecified atom stereocenters. The number of fused-ring (bicyclic) bond motifs is 1. The highest BCUT2D eigenvalue weighted by molar-refractivity contribution is 5.82. The molecule has 0 N–H and O–H groups in total. The summed E-state index contributed by atoms with van der Waals surface area (Å²) in [5.74, 6) is 2.55. The van der Waals surface area contributed by atoms with Gasteiger partial charge in [-0.25, -0.2) is 4.98 Å². The predicted octanol–water partition coefficient (Wildman–Crippen LogP) is 4.91. The second-order valence-corrected chi connectivity index (χ2v) is 6.95. The number of rotatable bonds is 7. The number of ether oxygens (including phenoxy) is 2. The van der Waals surface area contributed by atoms with Crippen molar-refractivity contribution in [3.63, 3.8) is 0 Å². The summed E-state index contributed by atoms with van der Waals surface area (Å²) in [6.07, 6.45) is 7.22. The average molecular weight is 429 g/mol. The molecule has 0 bridgehead atoms. The molecule has 4 aromatic heterocycles. The van der Waals surface area contributed by atoms with Crippen molar-refractivity contribution >= 4 is 11.0 Å². The van der Waals surface area contributed by atoms with Crippen LogP contribution in [-0.4, -0.2) is 25.1 Å². The SMILES string of the molecule is CCc1noc(COc2cc(Oc3nccc4occc34)ccc2-c2nccnc2C)n1. The molecule has 32 heavy (non-hydrogen) atoms. The third-order valence-corrected chi connectivity index (χ3v) is 4.82. The lowest BCUT2D eigenvalue weighted by molar-refractivity contribution is 0.242. The molecule has 0 aliphatic rings. The van der Waals surface area contributed by atoms with Gasteiger partial charge in [0.15, 0.2) is 12.4 Å². The summed E-state index contributed by atoms with van der Waals surface area (Å²) in [4.78, 5) is 17.4. The minimum Gasteiger partial charge on any atom is -0.483 e. The minimum absolute atomic E-state index is 0.109. The Morgan fingerprint density at radius 2 is 1.91 bits per heavy atom. The highest BCUT2D eigenvalue weighted by atomic mass is 16.5. The molecule has 1 aromatic carbocycles. The van der Waals surface area contributed by atoms with Gasteiger partial charge in [0.25, 0.3) is 5.89 Å². The number of hydrogen-bond acceptors (Lipinski definition) is 9. The number of pyridine rings is 1. The molecule has 5 rings (SSSR count). The normalized spacial score (nSPS) is 11.1. The van der Waals surface area contributed by atoms with E-state index in [1.165, 1.54) is 0 Å². The zero-order chi connectivity index (χ0) is 21.9.